The summed E-state index contributed by atoms with van der Waals surface area (Å²) in [5.74, 6) is 0.0305. The number of carbonyl (C=O) groups is 2. The largest absolute Gasteiger partial charge is 0.467 e. The molecule has 1 fully saturated rings. The van der Waals surface area contributed by atoms with Crippen LogP contribution in [0.25, 0.3) is 0 Å². The van der Waals surface area contributed by atoms with E-state index in [1.165, 1.54) is 0 Å². The lowest BCUT2D eigenvalue weighted by molar-refractivity contribution is -0.127. The number of rotatable bonds is 6. The van der Waals surface area contributed by atoms with E-state index >= 15 is 0 Å². The van der Waals surface area contributed by atoms with Gasteiger partial charge in [0.15, 0.2) is 0 Å². The van der Waals surface area contributed by atoms with E-state index in [1.807, 2.05) is 12.1 Å². The topological polar surface area (TPSA) is 71.3 Å². The Kier molecular flexibility index (Phi) is 4.67. The zero-order valence-electron chi connectivity index (χ0n) is 12.4. The first-order valence-electron chi connectivity index (χ1n) is 7.46. The van der Waals surface area contributed by atoms with E-state index in [2.05, 4.69) is 10.6 Å². The second-order valence-corrected chi connectivity index (χ2v) is 6.03. The van der Waals surface area contributed by atoms with Crippen molar-refractivity contribution < 1.29 is 14.0 Å². The average molecular weight is 333 g/mol. The molecule has 1 aromatic heterocycles. The molecule has 23 heavy (non-hydrogen) atoms. The van der Waals surface area contributed by atoms with Crippen molar-refractivity contribution in [1.82, 2.24) is 10.6 Å². The van der Waals surface area contributed by atoms with Gasteiger partial charge in [0.05, 0.1) is 24.6 Å². The summed E-state index contributed by atoms with van der Waals surface area (Å²) in [6.07, 6.45) is 2.15. The summed E-state index contributed by atoms with van der Waals surface area (Å²) in [7, 11) is 0. The van der Waals surface area contributed by atoms with Crippen molar-refractivity contribution in [3.05, 3.63) is 59.0 Å². The second kappa shape index (κ2) is 6.87. The van der Waals surface area contributed by atoms with Gasteiger partial charge in [0.1, 0.15) is 5.76 Å². The molecule has 1 saturated carbocycles. The maximum absolute atomic E-state index is 12.1. The molecule has 2 atom stereocenters. The molecule has 2 N–H and O–H groups in total. The molecule has 2 amide bonds. The van der Waals surface area contributed by atoms with Crippen LogP contribution in [0, 0.1) is 11.8 Å². The molecule has 0 spiro atoms. The predicted octanol–water partition coefficient (Wildman–Crippen LogP) is 2.50. The monoisotopic (exact) mass is 332 g/mol. The highest BCUT2D eigenvalue weighted by Crippen LogP contribution is 2.38. The van der Waals surface area contributed by atoms with Crippen LogP contribution >= 0.6 is 11.6 Å². The number of hydrogen-bond donors (Lipinski definition) is 2. The Labute approximate surface area is 139 Å². The molecule has 3 rings (SSSR count). The summed E-state index contributed by atoms with van der Waals surface area (Å²) < 4.78 is 5.15. The highest BCUT2D eigenvalue weighted by Gasteiger charge is 2.47. The average Bonchev–Trinajstić information content (AvgIpc) is 3.19. The van der Waals surface area contributed by atoms with Crippen molar-refractivity contribution >= 4 is 23.4 Å². The maximum atomic E-state index is 12.1. The van der Waals surface area contributed by atoms with Gasteiger partial charge in [0.25, 0.3) is 0 Å². The summed E-state index contributed by atoms with van der Waals surface area (Å²) in [4.78, 5) is 24.0. The zero-order chi connectivity index (χ0) is 16.2. The number of furan rings is 1. The van der Waals surface area contributed by atoms with Gasteiger partial charge < -0.3 is 15.1 Å². The van der Waals surface area contributed by atoms with Crippen molar-refractivity contribution in [1.29, 1.82) is 0 Å². The third-order valence-corrected chi connectivity index (χ3v) is 4.11. The molecule has 1 heterocycles. The predicted molar refractivity (Wildman–Crippen MR) is 85.5 cm³/mol. The van der Waals surface area contributed by atoms with Crippen LogP contribution in [0.3, 0.4) is 0 Å². The van der Waals surface area contributed by atoms with E-state index in [0.29, 0.717) is 30.3 Å². The van der Waals surface area contributed by atoms with E-state index < -0.39 is 0 Å². The lowest BCUT2D eigenvalue weighted by Gasteiger charge is -2.06. The number of benzene rings is 1. The first-order chi connectivity index (χ1) is 11.1. The molecule has 1 aliphatic rings. The van der Waals surface area contributed by atoms with Crippen LogP contribution < -0.4 is 10.6 Å². The van der Waals surface area contributed by atoms with Crippen LogP contribution in [0.15, 0.2) is 47.1 Å². The Hall–Kier alpha value is -2.27. The fraction of sp³-hybridized carbons (Fsp3) is 0.294. The first kappa shape index (κ1) is 15.6. The Morgan fingerprint density at radius 3 is 2.30 bits per heavy atom. The standard InChI is InChI=1S/C17H17ClN2O3/c18-12-5-3-11(4-6-12)9-19-16(21)14-8-15(14)17(22)20-10-13-2-1-7-23-13/h1-7,14-15H,8-10H2,(H,19,21)(H,20,22). The van der Waals surface area contributed by atoms with Crippen LogP contribution in [0.2, 0.25) is 5.02 Å². The van der Waals surface area contributed by atoms with Gasteiger partial charge in [-0.1, -0.05) is 23.7 Å². The van der Waals surface area contributed by atoms with Gasteiger partial charge in [-0.15, -0.1) is 0 Å². The molecular formula is C17H17ClN2O3. The fourth-order valence-corrected chi connectivity index (χ4v) is 2.54. The molecule has 6 heteroatoms. The summed E-state index contributed by atoms with van der Waals surface area (Å²) in [5, 5.41) is 6.30. The van der Waals surface area contributed by atoms with Gasteiger partial charge in [0, 0.05) is 11.6 Å². The van der Waals surface area contributed by atoms with Crippen LogP contribution in [0.4, 0.5) is 0 Å². The summed E-state index contributed by atoms with van der Waals surface area (Å²) >= 11 is 5.82. The number of nitrogens with one attached hydrogen (secondary N) is 2. The quantitative estimate of drug-likeness (QED) is 0.853. The van der Waals surface area contributed by atoms with E-state index in [1.54, 1.807) is 30.5 Å². The third-order valence-electron chi connectivity index (χ3n) is 3.86. The van der Waals surface area contributed by atoms with Gasteiger partial charge in [0.2, 0.25) is 11.8 Å². The Morgan fingerprint density at radius 1 is 1.04 bits per heavy atom. The molecule has 120 valence electrons. The van der Waals surface area contributed by atoms with Crippen molar-refractivity contribution in [3.63, 3.8) is 0 Å². The minimum Gasteiger partial charge on any atom is -0.467 e. The normalized spacial score (nSPS) is 19.2. The SMILES string of the molecule is O=C(NCc1ccc(Cl)cc1)C1CC1C(=O)NCc1ccco1. The number of halogens is 1. The van der Waals surface area contributed by atoms with Gasteiger partial charge in [-0.25, -0.2) is 0 Å². The molecule has 1 aromatic carbocycles. The summed E-state index contributed by atoms with van der Waals surface area (Å²) in [5.41, 5.74) is 0.974. The molecular weight excluding hydrogens is 316 g/mol. The highest BCUT2D eigenvalue weighted by molar-refractivity contribution is 6.30. The Balaban J connectivity index is 1.41. The summed E-state index contributed by atoms with van der Waals surface area (Å²) in [6, 6.07) is 10.9. The summed E-state index contributed by atoms with van der Waals surface area (Å²) in [6.45, 7) is 0.786. The van der Waals surface area contributed by atoms with Gasteiger partial charge >= 0.3 is 0 Å². The molecule has 2 unspecified atom stereocenters. The van der Waals surface area contributed by atoms with Gasteiger partial charge in [-0.05, 0) is 36.2 Å². The Bertz CT molecular complexity index is 682. The van der Waals surface area contributed by atoms with Crippen LogP contribution in [0.5, 0.6) is 0 Å². The highest BCUT2D eigenvalue weighted by atomic mass is 35.5. The van der Waals surface area contributed by atoms with Crippen molar-refractivity contribution in [2.75, 3.05) is 0 Å². The zero-order valence-corrected chi connectivity index (χ0v) is 13.2. The molecule has 0 aliphatic heterocycles. The van der Waals surface area contributed by atoms with Crippen molar-refractivity contribution in [3.8, 4) is 0 Å². The third kappa shape index (κ3) is 4.13. The van der Waals surface area contributed by atoms with Crippen LogP contribution in [-0.4, -0.2) is 11.8 Å². The molecule has 1 aliphatic carbocycles. The number of amides is 2. The lowest BCUT2D eigenvalue weighted by atomic mass is 10.2. The second-order valence-electron chi connectivity index (χ2n) is 5.59. The van der Waals surface area contributed by atoms with Gasteiger partial charge in [-0.2, -0.15) is 0 Å². The lowest BCUT2D eigenvalue weighted by Crippen LogP contribution is -2.29. The molecule has 5 nitrogen and oxygen atoms in total. The van der Waals surface area contributed by atoms with Crippen molar-refractivity contribution in [2.45, 2.75) is 19.5 Å². The molecule has 0 bridgehead atoms. The number of hydrogen-bond acceptors (Lipinski definition) is 3. The van der Waals surface area contributed by atoms with Crippen molar-refractivity contribution in [2.24, 2.45) is 11.8 Å². The van der Waals surface area contributed by atoms with E-state index in [4.69, 9.17) is 16.0 Å². The minimum absolute atomic E-state index is 0.0851. The van der Waals surface area contributed by atoms with Crippen LogP contribution in [0.1, 0.15) is 17.7 Å². The molecule has 0 saturated heterocycles. The number of carbonyl (C=O) groups excluding carboxylic acids is 2. The minimum atomic E-state index is -0.241. The van der Waals surface area contributed by atoms with Gasteiger partial charge in [-0.3, -0.25) is 9.59 Å². The molecule has 0 radical (unpaired) electrons. The van der Waals surface area contributed by atoms with E-state index in [0.717, 1.165) is 5.56 Å². The first-order valence-corrected chi connectivity index (χ1v) is 7.83. The van der Waals surface area contributed by atoms with E-state index in [9.17, 15) is 9.59 Å². The van der Waals surface area contributed by atoms with Crippen LogP contribution in [-0.2, 0) is 22.7 Å². The smallest absolute Gasteiger partial charge is 0.224 e. The Morgan fingerprint density at radius 2 is 1.70 bits per heavy atom. The molecule has 2 aromatic rings. The maximum Gasteiger partial charge on any atom is 0.224 e. The van der Waals surface area contributed by atoms with E-state index in [-0.39, 0.29) is 23.7 Å². The fourth-order valence-electron chi connectivity index (χ4n) is 2.42.